The molecule has 0 fully saturated rings. The van der Waals surface area contributed by atoms with E-state index in [1.807, 2.05) is 25.3 Å². The number of thiazole rings is 1. The van der Waals surface area contributed by atoms with E-state index in [1.165, 1.54) is 4.88 Å². The normalized spacial score (nSPS) is 11.0. The van der Waals surface area contributed by atoms with E-state index in [2.05, 4.69) is 44.5 Å². The highest BCUT2D eigenvalue weighted by atomic mass is 127. The molecule has 0 unspecified atom stereocenters. The molecule has 0 amide bonds. The minimum absolute atomic E-state index is 0. The lowest BCUT2D eigenvalue weighted by Crippen LogP contribution is -2.38. The summed E-state index contributed by atoms with van der Waals surface area (Å²) in [7, 11) is 0. The van der Waals surface area contributed by atoms with E-state index in [0.717, 1.165) is 30.6 Å². The standard InChI is InChI=1S/C14H21N5S.HI/c1-3-15-14(16-6-9-19-7-4-5-8-19)18-11-13-10-17-12(2)20-13;/h4-5,7-8,10H,3,6,9,11H2,1-2H3,(H2,15,16,18);1H. The van der Waals surface area contributed by atoms with Crippen LogP contribution in [-0.4, -0.2) is 28.6 Å². The van der Waals surface area contributed by atoms with Crippen LogP contribution in [0.1, 0.15) is 16.8 Å². The highest BCUT2D eigenvalue weighted by Gasteiger charge is 2.00. The number of aromatic nitrogens is 2. The number of aliphatic imine (C=N–C) groups is 1. The molecule has 0 saturated heterocycles. The zero-order valence-corrected chi connectivity index (χ0v) is 15.5. The van der Waals surface area contributed by atoms with Gasteiger partial charge in [-0.1, -0.05) is 0 Å². The second-order valence-corrected chi connectivity index (χ2v) is 5.71. The van der Waals surface area contributed by atoms with Gasteiger partial charge >= 0.3 is 0 Å². The Morgan fingerprint density at radius 3 is 2.71 bits per heavy atom. The Balaban J connectivity index is 0.00000220. The van der Waals surface area contributed by atoms with Crippen LogP contribution < -0.4 is 10.6 Å². The first-order valence-corrected chi connectivity index (χ1v) is 7.64. The van der Waals surface area contributed by atoms with Crippen molar-refractivity contribution >= 4 is 41.3 Å². The second kappa shape index (κ2) is 9.78. The van der Waals surface area contributed by atoms with Gasteiger partial charge in [0.05, 0.1) is 11.6 Å². The molecule has 0 atom stereocenters. The Morgan fingerprint density at radius 2 is 2.10 bits per heavy atom. The minimum Gasteiger partial charge on any atom is -0.357 e. The monoisotopic (exact) mass is 419 g/mol. The topological polar surface area (TPSA) is 54.2 Å². The summed E-state index contributed by atoms with van der Waals surface area (Å²) in [4.78, 5) is 10.00. The number of rotatable bonds is 6. The van der Waals surface area contributed by atoms with Crippen molar-refractivity contribution in [3.8, 4) is 0 Å². The summed E-state index contributed by atoms with van der Waals surface area (Å²) in [6, 6.07) is 4.07. The van der Waals surface area contributed by atoms with Crippen LogP contribution in [0.5, 0.6) is 0 Å². The number of nitrogens with one attached hydrogen (secondary N) is 2. The van der Waals surface area contributed by atoms with Crippen molar-refractivity contribution in [3.63, 3.8) is 0 Å². The van der Waals surface area contributed by atoms with Gasteiger partial charge in [-0.05, 0) is 26.0 Å². The fourth-order valence-corrected chi connectivity index (χ4v) is 2.52. The van der Waals surface area contributed by atoms with Gasteiger partial charge in [0.25, 0.3) is 0 Å². The van der Waals surface area contributed by atoms with Gasteiger partial charge < -0.3 is 15.2 Å². The molecule has 2 rings (SSSR count). The van der Waals surface area contributed by atoms with E-state index >= 15 is 0 Å². The highest BCUT2D eigenvalue weighted by molar-refractivity contribution is 14.0. The first-order chi connectivity index (χ1) is 9.78. The third kappa shape index (κ3) is 6.47. The fraction of sp³-hybridized carbons (Fsp3) is 0.429. The molecule has 0 aliphatic rings. The van der Waals surface area contributed by atoms with E-state index in [1.54, 1.807) is 11.3 Å². The summed E-state index contributed by atoms with van der Waals surface area (Å²) in [5.74, 6) is 0.853. The van der Waals surface area contributed by atoms with Crippen LogP contribution >= 0.6 is 35.3 Å². The smallest absolute Gasteiger partial charge is 0.191 e. The number of aryl methyl sites for hydroxylation is 1. The molecule has 2 heterocycles. The van der Waals surface area contributed by atoms with Crippen molar-refractivity contribution in [1.29, 1.82) is 0 Å². The molecule has 116 valence electrons. The Bertz CT molecular complexity index is 535. The van der Waals surface area contributed by atoms with Crippen LogP contribution in [0.2, 0.25) is 0 Å². The molecule has 0 bridgehead atoms. The third-order valence-electron chi connectivity index (χ3n) is 2.74. The maximum atomic E-state index is 4.57. The quantitative estimate of drug-likeness (QED) is 0.430. The van der Waals surface area contributed by atoms with Crippen LogP contribution in [0.4, 0.5) is 0 Å². The van der Waals surface area contributed by atoms with Gasteiger partial charge in [-0.2, -0.15) is 0 Å². The lowest BCUT2D eigenvalue weighted by molar-refractivity contribution is 0.666. The largest absolute Gasteiger partial charge is 0.357 e. The molecule has 0 aliphatic carbocycles. The Labute approximate surface area is 146 Å². The maximum Gasteiger partial charge on any atom is 0.191 e. The predicted molar refractivity (Wildman–Crippen MR) is 99.5 cm³/mol. The Hall–Kier alpha value is -1.09. The van der Waals surface area contributed by atoms with Crippen LogP contribution in [0.25, 0.3) is 0 Å². The number of hydrogen-bond acceptors (Lipinski definition) is 3. The molecule has 0 radical (unpaired) electrons. The van der Waals surface area contributed by atoms with Crippen LogP contribution in [0, 0.1) is 6.92 Å². The summed E-state index contributed by atoms with van der Waals surface area (Å²) in [5, 5.41) is 7.68. The van der Waals surface area contributed by atoms with E-state index in [-0.39, 0.29) is 24.0 Å². The molecular weight excluding hydrogens is 397 g/mol. The molecule has 0 spiro atoms. The molecule has 2 aromatic heterocycles. The molecule has 0 aromatic carbocycles. The van der Waals surface area contributed by atoms with E-state index in [4.69, 9.17) is 0 Å². The predicted octanol–water partition coefficient (Wildman–Crippen LogP) is 2.63. The zero-order valence-electron chi connectivity index (χ0n) is 12.4. The van der Waals surface area contributed by atoms with Crippen LogP contribution in [0.15, 0.2) is 35.7 Å². The Morgan fingerprint density at radius 1 is 1.33 bits per heavy atom. The first-order valence-electron chi connectivity index (χ1n) is 6.82. The van der Waals surface area contributed by atoms with Gasteiger partial charge in [-0.3, -0.25) is 0 Å². The van der Waals surface area contributed by atoms with Gasteiger partial charge in [0.2, 0.25) is 0 Å². The fourth-order valence-electron chi connectivity index (χ4n) is 1.80. The molecular formula is C14H22IN5S. The van der Waals surface area contributed by atoms with Gasteiger partial charge in [0.15, 0.2) is 5.96 Å². The second-order valence-electron chi connectivity index (χ2n) is 4.39. The van der Waals surface area contributed by atoms with E-state index in [9.17, 15) is 0 Å². The molecule has 2 N–H and O–H groups in total. The first kappa shape index (κ1) is 18.0. The molecule has 0 aliphatic heterocycles. The lowest BCUT2D eigenvalue weighted by Gasteiger charge is -2.11. The molecule has 5 nitrogen and oxygen atoms in total. The zero-order chi connectivity index (χ0) is 14.2. The summed E-state index contributed by atoms with van der Waals surface area (Å²) < 4.78 is 2.14. The highest BCUT2D eigenvalue weighted by Crippen LogP contribution is 2.12. The average molecular weight is 419 g/mol. The van der Waals surface area contributed by atoms with Crippen LogP contribution in [0.3, 0.4) is 0 Å². The lowest BCUT2D eigenvalue weighted by atomic mass is 10.5. The van der Waals surface area contributed by atoms with E-state index in [0.29, 0.717) is 6.54 Å². The van der Waals surface area contributed by atoms with Crippen molar-refractivity contribution in [2.45, 2.75) is 26.9 Å². The van der Waals surface area contributed by atoms with Gasteiger partial charge in [0.1, 0.15) is 0 Å². The van der Waals surface area contributed by atoms with Crippen molar-refractivity contribution < 1.29 is 0 Å². The maximum absolute atomic E-state index is 4.57. The number of nitrogens with zero attached hydrogens (tertiary/aromatic N) is 3. The molecule has 2 aromatic rings. The van der Waals surface area contributed by atoms with Gasteiger partial charge in [-0.15, -0.1) is 35.3 Å². The van der Waals surface area contributed by atoms with Crippen molar-refractivity contribution in [2.75, 3.05) is 13.1 Å². The summed E-state index contributed by atoms with van der Waals surface area (Å²) in [6.07, 6.45) is 6.02. The average Bonchev–Trinajstić information content (AvgIpc) is 3.07. The summed E-state index contributed by atoms with van der Waals surface area (Å²) >= 11 is 1.69. The summed E-state index contributed by atoms with van der Waals surface area (Å²) in [6.45, 7) is 7.39. The SMILES string of the molecule is CCNC(=NCc1cnc(C)s1)NCCn1cccc1.I. The number of hydrogen-bond donors (Lipinski definition) is 2. The molecule has 0 saturated carbocycles. The van der Waals surface area contributed by atoms with E-state index < -0.39 is 0 Å². The van der Waals surface area contributed by atoms with Gasteiger partial charge in [-0.25, -0.2) is 9.98 Å². The minimum atomic E-state index is 0. The van der Waals surface area contributed by atoms with Crippen LogP contribution in [-0.2, 0) is 13.1 Å². The van der Waals surface area contributed by atoms with Gasteiger partial charge in [0, 0.05) is 43.1 Å². The number of halogens is 1. The van der Waals surface area contributed by atoms with Crippen molar-refractivity contribution in [2.24, 2.45) is 4.99 Å². The van der Waals surface area contributed by atoms with Crippen molar-refractivity contribution in [1.82, 2.24) is 20.2 Å². The third-order valence-corrected chi connectivity index (χ3v) is 3.63. The molecule has 7 heteroatoms. The van der Waals surface area contributed by atoms with Crippen molar-refractivity contribution in [3.05, 3.63) is 40.6 Å². The summed E-state index contributed by atoms with van der Waals surface area (Å²) in [5.41, 5.74) is 0. The number of guanidine groups is 1. The molecule has 21 heavy (non-hydrogen) atoms. The Kier molecular flexibility index (Phi) is 8.36.